The van der Waals surface area contributed by atoms with E-state index >= 15 is 0 Å². The maximum atomic E-state index is 8.91. The number of hydrogen-bond donors (Lipinski definition) is 0. The molecule has 1 heterocycles. The fourth-order valence-electron chi connectivity index (χ4n) is 2.73. The van der Waals surface area contributed by atoms with Crippen molar-refractivity contribution in [1.82, 2.24) is 15.1 Å². The van der Waals surface area contributed by atoms with Crippen molar-refractivity contribution in [3.8, 4) is 17.5 Å². The van der Waals surface area contributed by atoms with Gasteiger partial charge in [0, 0.05) is 6.54 Å². The van der Waals surface area contributed by atoms with Gasteiger partial charge in [-0.2, -0.15) is 5.26 Å². The van der Waals surface area contributed by atoms with E-state index in [-0.39, 0.29) is 0 Å². The largest absolute Gasteiger partial charge is 0.419 e. The second-order valence-corrected chi connectivity index (χ2v) is 6.41. The smallest absolute Gasteiger partial charge is 0.249 e. The first-order valence-electron chi connectivity index (χ1n) is 8.48. The van der Waals surface area contributed by atoms with Crippen molar-refractivity contribution in [3.05, 3.63) is 70.6 Å². The molecule has 0 aliphatic heterocycles. The van der Waals surface area contributed by atoms with Crippen LogP contribution >= 0.6 is 11.6 Å². The van der Waals surface area contributed by atoms with Gasteiger partial charge in [-0.25, -0.2) is 0 Å². The van der Waals surface area contributed by atoms with Crippen LogP contribution in [0, 0.1) is 11.3 Å². The molecule has 0 atom stereocenters. The molecule has 0 spiro atoms. The van der Waals surface area contributed by atoms with Crippen molar-refractivity contribution < 1.29 is 4.42 Å². The Bertz CT molecular complexity index is 899. The summed E-state index contributed by atoms with van der Waals surface area (Å²) < 4.78 is 5.81. The summed E-state index contributed by atoms with van der Waals surface area (Å²) in [6.07, 6.45) is 1.02. The summed E-state index contributed by atoms with van der Waals surface area (Å²) in [7, 11) is 0. The van der Waals surface area contributed by atoms with Gasteiger partial charge in [0.05, 0.1) is 28.8 Å². The minimum Gasteiger partial charge on any atom is -0.419 e. The maximum absolute atomic E-state index is 8.91. The molecule has 2 aromatic carbocycles. The first kappa shape index (κ1) is 18.1. The van der Waals surface area contributed by atoms with Gasteiger partial charge in [0.2, 0.25) is 11.8 Å². The number of aromatic nitrogens is 2. The van der Waals surface area contributed by atoms with Crippen LogP contribution in [0.15, 0.2) is 52.9 Å². The zero-order valence-electron chi connectivity index (χ0n) is 14.5. The molecule has 3 rings (SSSR count). The Morgan fingerprint density at radius 2 is 1.85 bits per heavy atom. The highest BCUT2D eigenvalue weighted by Crippen LogP contribution is 2.26. The molecule has 0 saturated heterocycles. The SMILES string of the molecule is CCCN(Cc1ccc(C#N)cc1)Cc1nnc(-c2ccccc2Cl)o1. The molecule has 0 saturated carbocycles. The quantitative estimate of drug-likeness (QED) is 0.607. The van der Waals surface area contributed by atoms with Crippen LogP contribution in [0.4, 0.5) is 0 Å². The second kappa shape index (κ2) is 8.61. The van der Waals surface area contributed by atoms with Crippen LogP contribution in [-0.4, -0.2) is 21.6 Å². The van der Waals surface area contributed by atoms with E-state index in [0.29, 0.717) is 28.9 Å². The average Bonchev–Trinajstić information content (AvgIpc) is 3.11. The number of nitriles is 1. The molecule has 5 nitrogen and oxygen atoms in total. The third-order valence-electron chi connectivity index (χ3n) is 3.96. The Morgan fingerprint density at radius 3 is 2.54 bits per heavy atom. The Morgan fingerprint density at radius 1 is 1.08 bits per heavy atom. The third kappa shape index (κ3) is 4.48. The fraction of sp³-hybridized carbons (Fsp3) is 0.250. The Labute approximate surface area is 157 Å². The normalized spacial score (nSPS) is 10.8. The molecule has 0 aliphatic rings. The van der Waals surface area contributed by atoms with Gasteiger partial charge in [-0.15, -0.1) is 10.2 Å². The molecule has 0 fully saturated rings. The van der Waals surface area contributed by atoms with Gasteiger partial charge in [0.1, 0.15) is 0 Å². The summed E-state index contributed by atoms with van der Waals surface area (Å²) in [5.74, 6) is 0.988. The standard InChI is InChI=1S/C20H19ClN4O/c1-2-11-25(13-16-9-7-15(12-22)8-10-16)14-19-23-24-20(26-19)17-5-3-4-6-18(17)21/h3-10H,2,11,13-14H2,1H3. The lowest BCUT2D eigenvalue weighted by molar-refractivity contribution is 0.232. The minimum atomic E-state index is 0.431. The van der Waals surface area contributed by atoms with E-state index in [1.807, 2.05) is 42.5 Å². The van der Waals surface area contributed by atoms with Crippen molar-refractivity contribution in [3.63, 3.8) is 0 Å². The third-order valence-corrected chi connectivity index (χ3v) is 4.29. The van der Waals surface area contributed by atoms with Crippen molar-refractivity contribution in [2.75, 3.05) is 6.54 Å². The molecule has 0 amide bonds. The number of halogens is 1. The van der Waals surface area contributed by atoms with Gasteiger partial charge in [0.15, 0.2) is 0 Å². The number of benzene rings is 2. The lowest BCUT2D eigenvalue weighted by Crippen LogP contribution is -2.23. The van der Waals surface area contributed by atoms with Crippen LogP contribution in [0.5, 0.6) is 0 Å². The van der Waals surface area contributed by atoms with Crippen LogP contribution in [0.2, 0.25) is 5.02 Å². The predicted molar refractivity (Wildman–Crippen MR) is 100 cm³/mol. The van der Waals surface area contributed by atoms with Crippen LogP contribution in [0.3, 0.4) is 0 Å². The Kier molecular flexibility index (Phi) is 6.00. The van der Waals surface area contributed by atoms with Crippen LogP contribution < -0.4 is 0 Å². The van der Waals surface area contributed by atoms with Gasteiger partial charge in [-0.05, 0) is 42.8 Å². The molecular weight excluding hydrogens is 348 g/mol. The molecule has 1 aromatic heterocycles. The molecule has 0 aliphatic carbocycles. The highest BCUT2D eigenvalue weighted by atomic mass is 35.5. The number of rotatable bonds is 7. The van der Waals surface area contributed by atoms with Crippen LogP contribution in [-0.2, 0) is 13.1 Å². The zero-order chi connectivity index (χ0) is 18.4. The van der Waals surface area contributed by atoms with Gasteiger partial charge >= 0.3 is 0 Å². The molecular formula is C20H19ClN4O. The maximum Gasteiger partial charge on any atom is 0.249 e. The van der Waals surface area contributed by atoms with Gasteiger partial charge < -0.3 is 4.42 Å². The van der Waals surface area contributed by atoms with E-state index in [2.05, 4.69) is 28.1 Å². The van der Waals surface area contributed by atoms with E-state index in [1.54, 1.807) is 6.07 Å². The number of nitrogens with zero attached hydrogens (tertiary/aromatic N) is 4. The van der Waals surface area contributed by atoms with Crippen molar-refractivity contribution in [2.24, 2.45) is 0 Å². The van der Waals surface area contributed by atoms with Crippen molar-refractivity contribution >= 4 is 11.6 Å². The fourth-order valence-corrected chi connectivity index (χ4v) is 2.94. The summed E-state index contributed by atoms with van der Waals surface area (Å²) in [5.41, 5.74) is 2.54. The summed E-state index contributed by atoms with van der Waals surface area (Å²) >= 11 is 6.19. The van der Waals surface area contributed by atoms with E-state index in [4.69, 9.17) is 21.3 Å². The summed E-state index contributed by atoms with van der Waals surface area (Å²) in [4.78, 5) is 2.24. The molecule has 0 N–H and O–H groups in total. The molecule has 0 bridgehead atoms. The van der Waals surface area contributed by atoms with Crippen molar-refractivity contribution in [1.29, 1.82) is 5.26 Å². The van der Waals surface area contributed by atoms with E-state index in [9.17, 15) is 0 Å². The van der Waals surface area contributed by atoms with E-state index in [0.717, 1.165) is 30.6 Å². The second-order valence-electron chi connectivity index (χ2n) is 6.00. The highest BCUT2D eigenvalue weighted by molar-refractivity contribution is 6.33. The molecule has 6 heteroatoms. The van der Waals surface area contributed by atoms with Gasteiger partial charge in [0.25, 0.3) is 0 Å². The summed E-state index contributed by atoms with van der Waals surface area (Å²) in [6.45, 7) is 4.35. The predicted octanol–water partition coefficient (Wildman–Crippen LogP) is 4.67. The average molecular weight is 367 g/mol. The highest BCUT2D eigenvalue weighted by Gasteiger charge is 2.14. The van der Waals surface area contributed by atoms with Gasteiger partial charge in [-0.1, -0.05) is 42.8 Å². The molecule has 0 unspecified atom stereocenters. The number of hydrogen-bond acceptors (Lipinski definition) is 5. The topological polar surface area (TPSA) is 66.0 Å². The van der Waals surface area contributed by atoms with Crippen LogP contribution in [0.25, 0.3) is 11.5 Å². The summed E-state index contributed by atoms with van der Waals surface area (Å²) in [6, 6.07) is 17.2. The lowest BCUT2D eigenvalue weighted by Gasteiger charge is -2.19. The van der Waals surface area contributed by atoms with Gasteiger partial charge in [-0.3, -0.25) is 4.90 Å². The Balaban J connectivity index is 1.72. The molecule has 132 valence electrons. The van der Waals surface area contributed by atoms with E-state index < -0.39 is 0 Å². The monoisotopic (exact) mass is 366 g/mol. The minimum absolute atomic E-state index is 0.431. The molecule has 0 radical (unpaired) electrons. The summed E-state index contributed by atoms with van der Waals surface area (Å²) in [5, 5.41) is 17.8. The Hall–Kier alpha value is -2.68. The van der Waals surface area contributed by atoms with Crippen LogP contribution in [0.1, 0.15) is 30.4 Å². The molecule has 3 aromatic rings. The zero-order valence-corrected chi connectivity index (χ0v) is 15.3. The lowest BCUT2D eigenvalue weighted by atomic mass is 10.1. The first-order chi connectivity index (χ1) is 12.7. The van der Waals surface area contributed by atoms with Crippen molar-refractivity contribution in [2.45, 2.75) is 26.4 Å². The molecule has 26 heavy (non-hydrogen) atoms. The first-order valence-corrected chi connectivity index (χ1v) is 8.86. The van der Waals surface area contributed by atoms with E-state index in [1.165, 1.54) is 0 Å².